The lowest BCUT2D eigenvalue weighted by Gasteiger charge is -2.16. The highest BCUT2D eigenvalue weighted by molar-refractivity contribution is 5.41. The Morgan fingerprint density at radius 3 is 2.56 bits per heavy atom. The predicted octanol–water partition coefficient (Wildman–Crippen LogP) is 3.01. The third-order valence-corrected chi connectivity index (χ3v) is 3.56. The van der Waals surface area contributed by atoms with Gasteiger partial charge in [-0.1, -0.05) is 13.8 Å². The summed E-state index contributed by atoms with van der Waals surface area (Å²) < 4.78 is 5.42. The molecule has 2 N–H and O–H groups in total. The Kier molecular flexibility index (Phi) is 5.60. The van der Waals surface area contributed by atoms with Gasteiger partial charge in [-0.25, -0.2) is 0 Å². The molecular weight excluding hydrogens is 224 g/mol. The maximum absolute atomic E-state index is 6.05. The van der Waals surface area contributed by atoms with Crippen molar-refractivity contribution >= 4 is 0 Å². The third-order valence-electron chi connectivity index (χ3n) is 3.56. The highest BCUT2D eigenvalue weighted by atomic mass is 16.5. The van der Waals surface area contributed by atoms with Gasteiger partial charge in [0.05, 0.1) is 7.11 Å². The summed E-state index contributed by atoms with van der Waals surface area (Å²) in [6.45, 7) is 8.44. The zero-order chi connectivity index (χ0) is 13.7. The monoisotopic (exact) mass is 250 g/mol. The fourth-order valence-corrected chi connectivity index (χ4v) is 2.16. The van der Waals surface area contributed by atoms with Crippen molar-refractivity contribution in [1.82, 2.24) is 4.98 Å². The first kappa shape index (κ1) is 15.0. The fraction of sp³-hybridized carbons (Fsp3) is 0.667. The highest BCUT2D eigenvalue weighted by Crippen LogP contribution is 2.25. The molecular formula is C15H26N2O. The number of hydrogen-bond acceptors (Lipinski definition) is 3. The summed E-state index contributed by atoms with van der Waals surface area (Å²) in [5, 5.41) is 0. The van der Waals surface area contributed by atoms with Crippen LogP contribution in [0, 0.1) is 19.8 Å². The van der Waals surface area contributed by atoms with Gasteiger partial charge in [0, 0.05) is 29.1 Å². The summed E-state index contributed by atoms with van der Waals surface area (Å²) in [6, 6.07) is 0.289. The van der Waals surface area contributed by atoms with E-state index in [-0.39, 0.29) is 6.04 Å². The van der Waals surface area contributed by atoms with Crippen molar-refractivity contribution in [2.45, 2.75) is 53.0 Å². The zero-order valence-corrected chi connectivity index (χ0v) is 12.3. The van der Waals surface area contributed by atoms with Gasteiger partial charge in [0.25, 0.3) is 0 Å². The SMILES string of the molecule is COc1c(C)cnc(CCCC(N)C(C)C)c1C. The number of aryl methyl sites for hydroxylation is 2. The Balaban J connectivity index is 2.63. The van der Waals surface area contributed by atoms with Gasteiger partial charge in [0.15, 0.2) is 0 Å². The Morgan fingerprint density at radius 2 is 2.00 bits per heavy atom. The van der Waals surface area contributed by atoms with Crippen molar-refractivity contribution in [2.24, 2.45) is 11.7 Å². The average Bonchev–Trinajstić information content (AvgIpc) is 2.32. The molecule has 0 aromatic carbocycles. The summed E-state index contributed by atoms with van der Waals surface area (Å²) in [4.78, 5) is 4.51. The van der Waals surface area contributed by atoms with E-state index in [0.29, 0.717) is 5.92 Å². The standard InChI is InChI=1S/C15H26N2O/c1-10(2)13(16)7-6-8-14-12(4)15(18-5)11(3)9-17-14/h9-10,13H,6-8,16H2,1-5H3. The van der Waals surface area contributed by atoms with Crippen molar-refractivity contribution in [3.63, 3.8) is 0 Å². The van der Waals surface area contributed by atoms with Crippen LogP contribution in [0.2, 0.25) is 0 Å². The van der Waals surface area contributed by atoms with Gasteiger partial charge < -0.3 is 10.5 Å². The van der Waals surface area contributed by atoms with E-state index in [4.69, 9.17) is 10.5 Å². The van der Waals surface area contributed by atoms with E-state index < -0.39 is 0 Å². The van der Waals surface area contributed by atoms with E-state index in [1.165, 1.54) is 0 Å². The van der Waals surface area contributed by atoms with Gasteiger partial charge in [-0.3, -0.25) is 4.98 Å². The van der Waals surface area contributed by atoms with Crippen LogP contribution < -0.4 is 10.5 Å². The number of rotatable bonds is 6. The highest BCUT2D eigenvalue weighted by Gasteiger charge is 2.11. The van der Waals surface area contributed by atoms with Crippen LogP contribution in [0.5, 0.6) is 5.75 Å². The number of ether oxygens (including phenoxy) is 1. The summed E-state index contributed by atoms with van der Waals surface area (Å²) in [7, 11) is 1.72. The molecule has 0 aliphatic carbocycles. The molecule has 1 atom stereocenters. The third kappa shape index (κ3) is 3.70. The van der Waals surface area contributed by atoms with Crippen molar-refractivity contribution < 1.29 is 4.74 Å². The summed E-state index contributed by atoms with van der Waals surface area (Å²) in [6.07, 6.45) is 5.00. The smallest absolute Gasteiger partial charge is 0.128 e. The first-order valence-electron chi connectivity index (χ1n) is 6.72. The number of pyridine rings is 1. The van der Waals surface area contributed by atoms with E-state index in [9.17, 15) is 0 Å². The zero-order valence-electron chi connectivity index (χ0n) is 12.3. The minimum atomic E-state index is 0.289. The lowest BCUT2D eigenvalue weighted by molar-refractivity contribution is 0.406. The summed E-state index contributed by atoms with van der Waals surface area (Å²) in [5.41, 5.74) is 9.44. The molecule has 1 rings (SSSR count). The van der Waals surface area contributed by atoms with E-state index in [1.807, 2.05) is 13.1 Å². The van der Waals surface area contributed by atoms with E-state index in [2.05, 4.69) is 25.8 Å². The number of aromatic nitrogens is 1. The van der Waals surface area contributed by atoms with Crippen LogP contribution in [0.15, 0.2) is 6.20 Å². The maximum atomic E-state index is 6.05. The molecule has 0 aliphatic heterocycles. The van der Waals surface area contributed by atoms with Crippen LogP contribution in [0.3, 0.4) is 0 Å². The van der Waals surface area contributed by atoms with Crippen LogP contribution in [-0.4, -0.2) is 18.1 Å². The molecule has 1 aromatic heterocycles. The predicted molar refractivity (Wildman–Crippen MR) is 76.0 cm³/mol. The van der Waals surface area contributed by atoms with Crippen LogP contribution in [0.25, 0.3) is 0 Å². The van der Waals surface area contributed by atoms with Crippen molar-refractivity contribution in [3.05, 3.63) is 23.0 Å². The summed E-state index contributed by atoms with van der Waals surface area (Å²) in [5.74, 6) is 1.51. The van der Waals surface area contributed by atoms with E-state index in [1.54, 1.807) is 7.11 Å². The fourth-order valence-electron chi connectivity index (χ4n) is 2.16. The minimum absolute atomic E-state index is 0.289. The van der Waals surface area contributed by atoms with Gasteiger partial charge in [0.2, 0.25) is 0 Å². The molecule has 0 spiro atoms. The number of methoxy groups -OCH3 is 1. The summed E-state index contributed by atoms with van der Waals surface area (Å²) >= 11 is 0. The largest absolute Gasteiger partial charge is 0.496 e. The second-order valence-corrected chi connectivity index (χ2v) is 5.35. The molecule has 0 amide bonds. The second-order valence-electron chi connectivity index (χ2n) is 5.35. The van der Waals surface area contributed by atoms with Crippen molar-refractivity contribution in [2.75, 3.05) is 7.11 Å². The van der Waals surface area contributed by atoms with Gasteiger partial charge in [-0.05, 0) is 39.0 Å². The molecule has 0 saturated heterocycles. The Hall–Kier alpha value is -1.09. The number of hydrogen-bond donors (Lipinski definition) is 1. The van der Waals surface area contributed by atoms with E-state index in [0.717, 1.165) is 41.8 Å². The maximum Gasteiger partial charge on any atom is 0.128 e. The molecule has 0 aliphatic rings. The minimum Gasteiger partial charge on any atom is -0.496 e. The Labute approximate surface area is 111 Å². The molecule has 3 heteroatoms. The molecule has 0 fully saturated rings. The normalized spacial score (nSPS) is 12.8. The van der Waals surface area contributed by atoms with E-state index >= 15 is 0 Å². The Bertz CT molecular complexity index is 388. The van der Waals surface area contributed by atoms with Gasteiger partial charge in [-0.15, -0.1) is 0 Å². The second kappa shape index (κ2) is 6.74. The first-order chi connectivity index (χ1) is 8.47. The van der Waals surface area contributed by atoms with Crippen LogP contribution in [-0.2, 0) is 6.42 Å². The molecule has 18 heavy (non-hydrogen) atoms. The van der Waals surface area contributed by atoms with Crippen molar-refractivity contribution in [3.8, 4) is 5.75 Å². The average molecular weight is 250 g/mol. The van der Waals surface area contributed by atoms with Crippen LogP contribution in [0.1, 0.15) is 43.5 Å². The lowest BCUT2D eigenvalue weighted by atomic mass is 9.98. The first-order valence-corrected chi connectivity index (χ1v) is 6.72. The Morgan fingerprint density at radius 1 is 1.33 bits per heavy atom. The van der Waals surface area contributed by atoms with Crippen LogP contribution in [0.4, 0.5) is 0 Å². The molecule has 0 saturated carbocycles. The molecule has 0 radical (unpaired) electrons. The topological polar surface area (TPSA) is 48.1 Å². The molecule has 102 valence electrons. The molecule has 1 heterocycles. The molecule has 3 nitrogen and oxygen atoms in total. The number of nitrogens with zero attached hydrogens (tertiary/aromatic N) is 1. The van der Waals surface area contributed by atoms with Crippen molar-refractivity contribution in [1.29, 1.82) is 0 Å². The van der Waals surface area contributed by atoms with Gasteiger partial charge >= 0.3 is 0 Å². The molecule has 1 unspecified atom stereocenters. The quantitative estimate of drug-likeness (QED) is 0.844. The van der Waals surface area contributed by atoms with Gasteiger partial charge in [-0.2, -0.15) is 0 Å². The van der Waals surface area contributed by atoms with Crippen LogP contribution >= 0.6 is 0 Å². The molecule has 1 aromatic rings. The lowest BCUT2D eigenvalue weighted by Crippen LogP contribution is -2.26. The number of nitrogens with two attached hydrogens (primary N) is 1. The van der Waals surface area contributed by atoms with Gasteiger partial charge in [0.1, 0.15) is 5.75 Å². The molecule has 0 bridgehead atoms.